The first-order valence-corrected chi connectivity index (χ1v) is 11.9. The summed E-state index contributed by atoms with van der Waals surface area (Å²) < 4.78 is 32.6. The molecule has 0 aliphatic carbocycles. The number of ether oxygens (including phenoxy) is 1. The molecule has 0 bridgehead atoms. The van der Waals surface area contributed by atoms with Gasteiger partial charge in [-0.1, -0.05) is 30.3 Å². The molecule has 0 saturated carbocycles. The summed E-state index contributed by atoms with van der Waals surface area (Å²) in [4.78, 5) is 25.5. The highest BCUT2D eigenvalue weighted by Gasteiger charge is 2.30. The Labute approximate surface area is 188 Å². The number of nitrogens with one attached hydrogen (secondary N) is 3. The van der Waals surface area contributed by atoms with Crippen LogP contribution in [0.4, 0.5) is 5.69 Å². The largest absolute Gasteiger partial charge is 0.380 e. The van der Waals surface area contributed by atoms with Crippen molar-refractivity contribution in [3.05, 3.63) is 60.2 Å². The highest BCUT2D eigenvalue weighted by atomic mass is 32.2. The van der Waals surface area contributed by atoms with Crippen LogP contribution in [0.5, 0.6) is 0 Å². The quantitative estimate of drug-likeness (QED) is 0.559. The first-order valence-electron chi connectivity index (χ1n) is 10.4. The Morgan fingerprint density at radius 2 is 1.66 bits per heavy atom. The third kappa shape index (κ3) is 6.62. The summed E-state index contributed by atoms with van der Waals surface area (Å²) in [5, 5.41) is 5.58. The SMILES string of the molecule is CC(C)(C)NS(=O)(=O)c1ccc(NC(=O)[C@H](Cc2ccccc2)NC(=O)C2COC2)cc1. The summed E-state index contributed by atoms with van der Waals surface area (Å²) in [5.74, 6) is -0.853. The van der Waals surface area contributed by atoms with Crippen molar-refractivity contribution in [2.75, 3.05) is 18.5 Å². The molecule has 1 saturated heterocycles. The van der Waals surface area contributed by atoms with Crippen LogP contribution in [0.1, 0.15) is 26.3 Å². The van der Waals surface area contributed by atoms with Crippen LogP contribution < -0.4 is 15.4 Å². The van der Waals surface area contributed by atoms with Crippen LogP contribution in [-0.4, -0.2) is 45.0 Å². The van der Waals surface area contributed by atoms with E-state index in [1.165, 1.54) is 24.3 Å². The molecular formula is C23H29N3O5S. The number of carbonyl (C=O) groups is 2. The van der Waals surface area contributed by atoms with Crippen LogP contribution in [0.2, 0.25) is 0 Å². The van der Waals surface area contributed by atoms with Crippen molar-refractivity contribution in [1.29, 1.82) is 0 Å². The Morgan fingerprint density at radius 3 is 2.19 bits per heavy atom. The molecule has 2 aromatic carbocycles. The Balaban J connectivity index is 1.71. The van der Waals surface area contributed by atoms with Crippen LogP contribution in [0.3, 0.4) is 0 Å². The number of hydrogen-bond acceptors (Lipinski definition) is 5. The van der Waals surface area contributed by atoms with Gasteiger partial charge < -0.3 is 15.4 Å². The fourth-order valence-corrected chi connectivity index (χ4v) is 4.56. The number of hydrogen-bond donors (Lipinski definition) is 3. The Hall–Kier alpha value is -2.75. The molecule has 1 aliphatic rings. The number of benzene rings is 2. The maximum Gasteiger partial charge on any atom is 0.247 e. The van der Waals surface area contributed by atoms with Gasteiger partial charge in [-0.25, -0.2) is 13.1 Å². The zero-order valence-electron chi connectivity index (χ0n) is 18.4. The highest BCUT2D eigenvalue weighted by molar-refractivity contribution is 7.89. The number of sulfonamides is 1. The lowest BCUT2D eigenvalue weighted by Crippen LogP contribution is -2.51. The molecule has 2 aromatic rings. The maximum absolute atomic E-state index is 13.0. The molecule has 1 atom stereocenters. The predicted molar refractivity (Wildman–Crippen MR) is 122 cm³/mol. The Kier molecular flexibility index (Phi) is 7.33. The lowest BCUT2D eigenvalue weighted by molar-refractivity contribution is -0.141. The second-order valence-corrected chi connectivity index (χ2v) is 10.5. The van der Waals surface area contributed by atoms with Crippen LogP contribution in [0, 0.1) is 5.92 Å². The topological polar surface area (TPSA) is 114 Å². The minimum Gasteiger partial charge on any atom is -0.380 e. The molecule has 1 aliphatic heterocycles. The number of amides is 2. The first kappa shape index (κ1) is 23.9. The van der Waals surface area contributed by atoms with E-state index in [0.29, 0.717) is 25.3 Å². The van der Waals surface area contributed by atoms with Crippen molar-refractivity contribution < 1.29 is 22.7 Å². The monoisotopic (exact) mass is 459 g/mol. The van der Waals surface area contributed by atoms with E-state index in [1.807, 2.05) is 30.3 Å². The molecule has 1 fully saturated rings. The molecule has 172 valence electrons. The normalized spacial score (nSPS) is 15.5. The van der Waals surface area contributed by atoms with Gasteiger partial charge in [0.05, 0.1) is 24.0 Å². The molecular weight excluding hydrogens is 430 g/mol. The minimum absolute atomic E-state index is 0.101. The number of rotatable bonds is 8. The van der Waals surface area contributed by atoms with E-state index in [2.05, 4.69) is 15.4 Å². The zero-order valence-corrected chi connectivity index (χ0v) is 19.2. The standard InChI is InChI=1S/C23H29N3O5S/c1-23(2,3)26-32(29,30)19-11-9-18(10-12-19)24-22(28)20(13-16-7-5-4-6-8-16)25-21(27)17-14-31-15-17/h4-12,17,20,26H,13-15H2,1-3H3,(H,24,28)(H,25,27)/t20-/m0/s1. The van der Waals surface area contributed by atoms with Gasteiger partial charge in [0.1, 0.15) is 6.04 Å². The summed E-state index contributed by atoms with van der Waals surface area (Å²) in [5.41, 5.74) is 0.733. The molecule has 3 rings (SSSR count). The molecule has 0 aromatic heterocycles. The fraction of sp³-hybridized carbons (Fsp3) is 0.391. The summed E-state index contributed by atoms with van der Waals surface area (Å²) in [6, 6.07) is 14.5. The second-order valence-electron chi connectivity index (χ2n) is 8.85. The first-order chi connectivity index (χ1) is 15.0. The van der Waals surface area contributed by atoms with Crippen LogP contribution in [0.25, 0.3) is 0 Å². The Morgan fingerprint density at radius 1 is 1.03 bits per heavy atom. The van der Waals surface area contributed by atoms with Gasteiger partial charge in [-0.2, -0.15) is 0 Å². The molecule has 0 spiro atoms. The molecule has 2 amide bonds. The van der Waals surface area contributed by atoms with Gasteiger partial charge >= 0.3 is 0 Å². The van der Waals surface area contributed by atoms with Gasteiger partial charge in [-0.05, 0) is 50.6 Å². The zero-order chi connectivity index (χ0) is 23.4. The molecule has 1 heterocycles. The minimum atomic E-state index is -3.67. The highest BCUT2D eigenvalue weighted by Crippen LogP contribution is 2.17. The summed E-state index contributed by atoms with van der Waals surface area (Å²) in [6.45, 7) is 5.98. The van der Waals surface area contributed by atoms with Gasteiger partial charge in [-0.3, -0.25) is 9.59 Å². The maximum atomic E-state index is 13.0. The Bertz CT molecular complexity index is 1040. The lowest BCUT2D eigenvalue weighted by Gasteiger charge is -2.27. The molecule has 0 unspecified atom stereocenters. The van der Waals surface area contributed by atoms with Crippen LogP contribution >= 0.6 is 0 Å². The summed E-state index contributed by atoms with van der Waals surface area (Å²) >= 11 is 0. The van der Waals surface area contributed by atoms with Crippen molar-refractivity contribution in [3.63, 3.8) is 0 Å². The van der Waals surface area contributed by atoms with Crippen molar-refractivity contribution in [1.82, 2.24) is 10.0 Å². The molecule has 3 N–H and O–H groups in total. The molecule has 32 heavy (non-hydrogen) atoms. The van der Waals surface area contributed by atoms with Crippen LogP contribution in [0.15, 0.2) is 59.5 Å². The summed E-state index contributed by atoms with van der Waals surface area (Å²) in [7, 11) is -3.67. The lowest BCUT2D eigenvalue weighted by atomic mass is 10.0. The van der Waals surface area contributed by atoms with E-state index >= 15 is 0 Å². The van der Waals surface area contributed by atoms with Crippen LogP contribution in [-0.2, 0) is 30.8 Å². The van der Waals surface area contributed by atoms with Gasteiger partial charge in [0.25, 0.3) is 0 Å². The average molecular weight is 460 g/mol. The number of anilines is 1. The van der Waals surface area contributed by atoms with E-state index in [-0.39, 0.29) is 22.6 Å². The van der Waals surface area contributed by atoms with Gasteiger partial charge in [0.2, 0.25) is 21.8 Å². The van der Waals surface area contributed by atoms with E-state index in [9.17, 15) is 18.0 Å². The van der Waals surface area contributed by atoms with E-state index in [1.54, 1.807) is 20.8 Å². The molecule has 9 heteroatoms. The summed E-state index contributed by atoms with van der Waals surface area (Å²) in [6.07, 6.45) is 0.327. The van der Waals surface area contributed by atoms with Gasteiger partial charge in [0.15, 0.2) is 0 Å². The fourth-order valence-electron chi connectivity index (χ4n) is 3.14. The third-order valence-electron chi connectivity index (χ3n) is 4.80. The van der Waals surface area contributed by atoms with Gasteiger partial charge in [0, 0.05) is 17.6 Å². The van der Waals surface area contributed by atoms with E-state index < -0.39 is 21.6 Å². The van der Waals surface area contributed by atoms with E-state index in [4.69, 9.17) is 4.74 Å². The molecule has 8 nitrogen and oxygen atoms in total. The van der Waals surface area contributed by atoms with Crippen molar-refractivity contribution >= 4 is 27.5 Å². The molecule has 0 radical (unpaired) electrons. The van der Waals surface area contributed by atoms with E-state index in [0.717, 1.165) is 5.56 Å². The van der Waals surface area contributed by atoms with Crippen molar-refractivity contribution in [2.45, 2.75) is 43.7 Å². The smallest absolute Gasteiger partial charge is 0.247 e. The van der Waals surface area contributed by atoms with Gasteiger partial charge in [-0.15, -0.1) is 0 Å². The predicted octanol–water partition coefficient (Wildman–Crippen LogP) is 2.08. The second kappa shape index (κ2) is 9.81. The van der Waals surface area contributed by atoms with Crippen molar-refractivity contribution in [3.8, 4) is 0 Å². The van der Waals surface area contributed by atoms with Crippen molar-refractivity contribution in [2.24, 2.45) is 5.92 Å². The average Bonchev–Trinajstić information content (AvgIpc) is 2.65. The number of carbonyl (C=O) groups excluding carboxylic acids is 2. The third-order valence-corrected chi connectivity index (χ3v) is 6.57.